The highest BCUT2D eigenvalue weighted by Gasteiger charge is 2.72. The van der Waals surface area contributed by atoms with Crippen LogP contribution >= 0.6 is 34.5 Å². The van der Waals surface area contributed by atoms with Gasteiger partial charge in [-0.25, -0.2) is 4.98 Å². The van der Waals surface area contributed by atoms with E-state index in [4.69, 9.17) is 27.9 Å². The van der Waals surface area contributed by atoms with Gasteiger partial charge >= 0.3 is 5.97 Å². The lowest BCUT2D eigenvalue weighted by Crippen LogP contribution is -2.45. The molecule has 2 N–H and O–H groups in total. The van der Waals surface area contributed by atoms with Gasteiger partial charge in [0, 0.05) is 22.6 Å². The van der Waals surface area contributed by atoms with Crippen LogP contribution in [0.3, 0.4) is 0 Å². The van der Waals surface area contributed by atoms with Gasteiger partial charge < -0.3 is 14.9 Å². The molecule has 0 bridgehead atoms. The Bertz CT molecular complexity index is 1040. The summed E-state index contributed by atoms with van der Waals surface area (Å²) in [5.41, 5.74) is 0.000127. The van der Waals surface area contributed by atoms with E-state index in [1.165, 1.54) is 0 Å². The largest absolute Gasteiger partial charge is 0.458 e. The molecule has 0 aromatic carbocycles. The highest BCUT2D eigenvalue weighted by molar-refractivity contribution is 7.09. The van der Waals surface area contributed by atoms with Gasteiger partial charge in [0.05, 0.1) is 34.7 Å². The van der Waals surface area contributed by atoms with Crippen molar-refractivity contribution in [3.05, 3.63) is 21.7 Å². The van der Waals surface area contributed by atoms with Gasteiger partial charge in [-0.3, -0.25) is 9.59 Å². The van der Waals surface area contributed by atoms with Crippen molar-refractivity contribution in [3.8, 4) is 0 Å². The number of carbonyl (C=O) groups excluding carboxylic acids is 2. The lowest BCUT2D eigenvalue weighted by Gasteiger charge is -2.34. The van der Waals surface area contributed by atoms with Gasteiger partial charge in [-0.15, -0.1) is 34.5 Å². The number of aliphatic hydroxyl groups is 2. The van der Waals surface area contributed by atoms with Crippen molar-refractivity contribution >= 4 is 52.4 Å². The summed E-state index contributed by atoms with van der Waals surface area (Å²) in [5, 5.41) is 24.7. The average Bonchev–Trinajstić information content (AvgIpc) is 3.06. The maximum atomic E-state index is 13.3. The molecule has 1 aromatic rings. The topological polar surface area (TPSA) is 96.7 Å². The van der Waals surface area contributed by atoms with E-state index in [0.717, 1.165) is 29.1 Å². The summed E-state index contributed by atoms with van der Waals surface area (Å²) in [5.74, 6) is -1.79. The number of halogens is 2. The van der Waals surface area contributed by atoms with Crippen molar-refractivity contribution in [2.45, 2.75) is 103 Å². The Labute approximate surface area is 234 Å². The number of cyclic esters (lactones) is 1. The fourth-order valence-corrected chi connectivity index (χ4v) is 7.29. The second kappa shape index (κ2) is 11.2. The Morgan fingerprint density at radius 3 is 2.46 bits per heavy atom. The van der Waals surface area contributed by atoms with Crippen molar-refractivity contribution in [2.24, 2.45) is 28.6 Å². The molecule has 0 amide bonds. The summed E-state index contributed by atoms with van der Waals surface area (Å²) >= 11 is 15.1. The van der Waals surface area contributed by atoms with Gasteiger partial charge in [-0.2, -0.15) is 0 Å². The molecule has 9 heteroatoms. The summed E-state index contributed by atoms with van der Waals surface area (Å²) in [4.78, 5) is 30.8. The van der Waals surface area contributed by atoms with E-state index < -0.39 is 39.9 Å². The van der Waals surface area contributed by atoms with Gasteiger partial charge in [-0.1, -0.05) is 41.0 Å². The van der Waals surface area contributed by atoms with E-state index in [9.17, 15) is 19.8 Å². The predicted molar refractivity (Wildman–Crippen MR) is 149 cm³/mol. The quantitative estimate of drug-likeness (QED) is 0.326. The van der Waals surface area contributed by atoms with Crippen LogP contribution < -0.4 is 0 Å². The first-order chi connectivity index (χ1) is 17.0. The molecule has 2 fully saturated rings. The van der Waals surface area contributed by atoms with Crippen molar-refractivity contribution in [1.29, 1.82) is 0 Å². The number of hydrogen-bond acceptors (Lipinski definition) is 7. The summed E-state index contributed by atoms with van der Waals surface area (Å²) in [7, 11) is 0. The van der Waals surface area contributed by atoms with Crippen LogP contribution in [0.15, 0.2) is 11.0 Å². The molecule has 37 heavy (non-hydrogen) atoms. The minimum Gasteiger partial charge on any atom is -0.458 e. The summed E-state index contributed by atoms with van der Waals surface area (Å²) in [6, 6.07) is 0. The molecule has 1 aromatic heterocycles. The first kappa shape index (κ1) is 30.6. The zero-order valence-corrected chi connectivity index (χ0v) is 25.2. The Morgan fingerprint density at radius 2 is 1.86 bits per heavy atom. The molecule has 1 aliphatic carbocycles. The molecule has 0 spiro atoms. The van der Waals surface area contributed by atoms with Gasteiger partial charge in [0.1, 0.15) is 16.2 Å². The summed E-state index contributed by atoms with van der Waals surface area (Å²) in [6.45, 7) is 12.7. The number of aryl methyl sites for hydroxylation is 1. The number of Topliss-reactive ketones (excluding diaryl/α,β-unsaturated/α-hetero) is 1. The van der Waals surface area contributed by atoms with Crippen molar-refractivity contribution in [3.63, 3.8) is 0 Å². The highest BCUT2D eigenvalue weighted by atomic mass is 35.5. The maximum absolute atomic E-state index is 13.3. The Hall–Kier alpha value is -0.990. The van der Waals surface area contributed by atoms with Crippen LogP contribution in [0.2, 0.25) is 0 Å². The second-order valence-electron chi connectivity index (χ2n) is 11.9. The number of nitrogens with zero attached hydrogens (tertiary/aromatic N) is 1. The van der Waals surface area contributed by atoms with Gasteiger partial charge in [0.25, 0.3) is 0 Å². The average molecular weight is 575 g/mol. The number of rotatable bonds is 2. The van der Waals surface area contributed by atoms with E-state index in [0.29, 0.717) is 12.8 Å². The zero-order chi connectivity index (χ0) is 27.9. The van der Waals surface area contributed by atoms with Crippen LogP contribution in [0.1, 0.15) is 84.3 Å². The highest BCUT2D eigenvalue weighted by Crippen LogP contribution is 2.73. The van der Waals surface area contributed by atoms with E-state index in [1.807, 2.05) is 32.2 Å². The van der Waals surface area contributed by atoms with Gasteiger partial charge in [-0.05, 0) is 50.7 Å². The van der Waals surface area contributed by atoms with E-state index in [2.05, 4.69) is 11.9 Å². The molecule has 0 radical (unpaired) electrons. The number of carbonyl (C=O) groups is 2. The Kier molecular flexibility index (Phi) is 9.28. The molecule has 1 saturated heterocycles. The number of esters is 1. The molecule has 1 aliphatic heterocycles. The second-order valence-corrected chi connectivity index (χ2v) is 14.4. The smallest absolute Gasteiger partial charge is 0.309 e. The van der Waals surface area contributed by atoms with Crippen LogP contribution in [-0.2, 0) is 14.3 Å². The number of ether oxygens (including phenoxy) is 1. The molecule has 208 valence electrons. The Balaban J connectivity index is 1.93. The summed E-state index contributed by atoms with van der Waals surface area (Å²) < 4.78 is 4.96. The lowest BCUT2D eigenvalue weighted by molar-refractivity contribution is -0.154. The third kappa shape index (κ3) is 6.27. The van der Waals surface area contributed by atoms with Crippen LogP contribution in [0.25, 0.3) is 6.08 Å². The molecule has 2 heterocycles. The minimum atomic E-state index is -1.26. The SMILES string of the molecule is CC(=Cc1csc(C)n1)C1CC2C(Cl)(Cl)C2(C)CCCC(C)C(O)C(C)C(=O)C(C)(C)C(O)CC(=O)O1. The zero-order valence-electron chi connectivity index (χ0n) is 22.9. The normalized spacial score (nSPS) is 37.5. The third-order valence-electron chi connectivity index (χ3n) is 8.82. The summed E-state index contributed by atoms with van der Waals surface area (Å²) in [6.07, 6.45) is 1.54. The van der Waals surface area contributed by atoms with Crippen LogP contribution in [-0.4, -0.2) is 49.6 Å². The van der Waals surface area contributed by atoms with Crippen LogP contribution in [0, 0.1) is 35.5 Å². The monoisotopic (exact) mass is 573 g/mol. The van der Waals surface area contributed by atoms with E-state index >= 15 is 0 Å². The lowest BCUT2D eigenvalue weighted by atomic mass is 9.73. The fourth-order valence-electron chi connectivity index (χ4n) is 5.72. The number of hydrogen-bond donors (Lipinski definition) is 2. The molecular weight excluding hydrogens is 533 g/mol. The molecule has 7 unspecified atom stereocenters. The van der Waals surface area contributed by atoms with Gasteiger partial charge in [0.15, 0.2) is 0 Å². The standard InChI is InChI=1S/C28H41Cl2NO5S/c1-15-9-8-10-27(7)21(28(27,29)30)12-20(16(2)11-19-14-37-18(4)31-19)36-23(33)13-22(32)26(5,6)25(35)17(3)24(15)34/h11,14-15,17,20-22,24,32,34H,8-10,12-13H2,1-7H3. The molecule has 2 aliphatic rings. The number of ketones is 1. The fraction of sp³-hybridized carbons (Fsp3) is 0.750. The number of fused-ring (bicyclic) bond motifs is 1. The number of thiazole rings is 1. The maximum Gasteiger partial charge on any atom is 0.309 e. The molecule has 7 atom stereocenters. The number of aromatic nitrogens is 1. The van der Waals surface area contributed by atoms with Crippen LogP contribution in [0.4, 0.5) is 0 Å². The predicted octanol–water partition coefficient (Wildman–Crippen LogP) is 6.13. The number of aliphatic hydroxyl groups excluding tert-OH is 2. The molecule has 3 rings (SSSR count). The van der Waals surface area contributed by atoms with E-state index in [1.54, 1.807) is 32.1 Å². The molecule has 6 nitrogen and oxygen atoms in total. The van der Waals surface area contributed by atoms with Crippen molar-refractivity contribution in [2.75, 3.05) is 0 Å². The van der Waals surface area contributed by atoms with Crippen molar-refractivity contribution < 1.29 is 24.5 Å². The third-order valence-corrected chi connectivity index (χ3v) is 11.0. The van der Waals surface area contributed by atoms with Gasteiger partial charge in [0.2, 0.25) is 0 Å². The van der Waals surface area contributed by atoms with Crippen molar-refractivity contribution in [1.82, 2.24) is 4.98 Å². The first-order valence-corrected chi connectivity index (χ1v) is 14.7. The Morgan fingerprint density at radius 1 is 1.22 bits per heavy atom. The number of alkyl halides is 2. The van der Waals surface area contributed by atoms with Crippen LogP contribution in [0.5, 0.6) is 0 Å². The molecular formula is C28H41Cl2NO5S. The minimum absolute atomic E-state index is 0.100. The first-order valence-electron chi connectivity index (χ1n) is 13.1. The molecule has 1 saturated carbocycles. The van der Waals surface area contributed by atoms with E-state index in [-0.39, 0.29) is 29.5 Å².